The van der Waals surface area contributed by atoms with Crippen molar-refractivity contribution in [3.05, 3.63) is 30.3 Å². The number of aliphatic carboxylic acids is 1. The lowest BCUT2D eigenvalue weighted by atomic mass is 10.2. The molecule has 1 aromatic carbocycles. The minimum absolute atomic E-state index is 0.139. The summed E-state index contributed by atoms with van der Waals surface area (Å²) in [6, 6.07) is 7.11. The third-order valence-corrected chi connectivity index (χ3v) is 4.24. The quantitative estimate of drug-likeness (QED) is 0.863. The number of rotatable bonds is 5. The molecule has 5 nitrogen and oxygen atoms in total. The monoisotopic (exact) mass is 257 g/mol. The standard InChI is InChI=1S/C11H15NO4S/c1-3-17(15,16)12(9(2)11(13)14)10-7-5-4-6-8-10/h4-9H,3H2,1-2H3,(H,13,14). The van der Waals surface area contributed by atoms with Gasteiger partial charge in [0.25, 0.3) is 0 Å². The van der Waals surface area contributed by atoms with Gasteiger partial charge in [0.1, 0.15) is 6.04 Å². The van der Waals surface area contributed by atoms with Crippen LogP contribution in [0.15, 0.2) is 30.3 Å². The van der Waals surface area contributed by atoms with Gasteiger partial charge in [0.05, 0.1) is 11.4 Å². The van der Waals surface area contributed by atoms with Crippen LogP contribution in [0.25, 0.3) is 0 Å². The molecule has 1 rings (SSSR count). The molecule has 1 unspecified atom stereocenters. The van der Waals surface area contributed by atoms with Gasteiger partial charge in [-0.25, -0.2) is 13.2 Å². The van der Waals surface area contributed by atoms with Crippen molar-refractivity contribution in [3.8, 4) is 0 Å². The zero-order valence-electron chi connectivity index (χ0n) is 9.70. The number of anilines is 1. The topological polar surface area (TPSA) is 74.7 Å². The van der Waals surface area contributed by atoms with E-state index in [1.165, 1.54) is 13.8 Å². The molecule has 0 spiro atoms. The Labute approximate surface area is 101 Å². The van der Waals surface area contributed by atoms with Crippen LogP contribution in [-0.4, -0.2) is 31.3 Å². The molecule has 6 heteroatoms. The van der Waals surface area contributed by atoms with Gasteiger partial charge in [-0.05, 0) is 26.0 Å². The Morgan fingerprint density at radius 2 is 1.88 bits per heavy atom. The second-order valence-corrected chi connectivity index (χ2v) is 5.68. The van der Waals surface area contributed by atoms with Gasteiger partial charge in [-0.3, -0.25) is 4.31 Å². The van der Waals surface area contributed by atoms with Crippen LogP contribution in [0.3, 0.4) is 0 Å². The van der Waals surface area contributed by atoms with Crippen LogP contribution in [0, 0.1) is 0 Å². The van der Waals surface area contributed by atoms with Crippen molar-refractivity contribution >= 4 is 21.7 Å². The molecule has 0 bridgehead atoms. The first kappa shape index (κ1) is 13.5. The number of carboxylic acid groups (broad SMARTS) is 1. The molecule has 94 valence electrons. The summed E-state index contributed by atoms with van der Waals surface area (Å²) in [6.45, 7) is 2.84. The summed E-state index contributed by atoms with van der Waals surface area (Å²) in [5, 5.41) is 8.97. The van der Waals surface area contributed by atoms with Crippen LogP contribution < -0.4 is 4.31 Å². The van der Waals surface area contributed by atoms with E-state index in [9.17, 15) is 13.2 Å². The molecule has 0 heterocycles. The molecule has 0 saturated heterocycles. The van der Waals surface area contributed by atoms with E-state index in [1.807, 2.05) is 0 Å². The van der Waals surface area contributed by atoms with Crippen molar-refractivity contribution in [1.29, 1.82) is 0 Å². The lowest BCUT2D eigenvalue weighted by molar-refractivity contribution is -0.137. The fraction of sp³-hybridized carbons (Fsp3) is 0.364. The van der Waals surface area contributed by atoms with Crippen LogP contribution in [0.2, 0.25) is 0 Å². The largest absolute Gasteiger partial charge is 0.480 e. The molecule has 0 fully saturated rings. The van der Waals surface area contributed by atoms with Crippen molar-refractivity contribution in [2.45, 2.75) is 19.9 Å². The predicted octanol–water partition coefficient (Wildman–Crippen LogP) is 1.32. The summed E-state index contributed by atoms with van der Waals surface area (Å²) in [4.78, 5) is 11.0. The van der Waals surface area contributed by atoms with E-state index in [0.29, 0.717) is 5.69 Å². The lowest BCUT2D eigenvalue weighted by Crippen LogP contribution is -2.44. The van der Waals surface area contributed by atoms with Gasteiger partial charge in [-0.15, -0.1) is 0 Å². The van der Waals surface area contributed by atoms with Gasteiger partial charge in [0, 0.05) is 0 Å². The maximum atomic E-state index is 11.9. The Morgan fingerprint density at radius 3 is 2.29 bits per heavy atom. The smallest absolute Gasteiger partial charge is 0.327 e. The Balaban J connectivity index is 3.27. The van der Waals surface area contributed by atoms with Crippen LogP contribution in [0.5, 0.6) is 0 Å². The normalized spacial score (nSPS) is 13.1. The Hall–Kier alpha value is -1.56. The molecule has 0 aliphatic carbocycles. The van der Waals surface area contributed by atoms with E-state index in [1.54, 1.807) is 30.3 Å². The third-order valence-electron chi connectivity index (χ3n) is 2.38. The number of nitrogens with zero attached hydrogens (tertiary/aromatic N) is 1. The summed E-state index contributed by atoms with van der Waals surface area (Å²) in [5.74, 6) is -1.31. The molecule has 1 atom stereocenters. The highest BCUT2D eigenvalue weighted by molar-refractivity contribution is 7.92. The second-order valence-electron chi connectivity index (χ2n) is 3.55. The zero-order chi connectivity index (χ0) is 13.1. The average Bonchev–Trinajstić information content (AvgIpc) is 2.30. The number of hydrogen-bond donors (Lipinski definition) is 1. The third kappa shape index (κ3) is 2.97. The maximum Gasteiger partial charge on any atom is 0.327 e. The molecule has 0 aliphatic rings. The van der Waals surface area contributed by atoms with Crippen LogP contribution >= 0.6 is 0 Å². The molecule has 0 radical (unpaired) electrons. The van der Waals surface area contributed by atoms with Crippen LogP contribution in [0.4, 0.5) is 5.69 Å². The first-order valence-corrected chi connectivity index (χ1v) is 6.81. The molecule has 17 heavy (non-hydrogen) atoms. The fourth-order valence-corrected chi connectivity index (χ4v) is 2.73. The average molecular weight is 257 g/mol. The number of sulfonamides is 1. The number of carboxylic acids is 1. The van der Waals surface area contributed by atoms with E-state index in [-0.39, 0.29) is 5.75 Å². The Bertz CT molecular complexity index is 483. The Morgan fingerprint density at radius 1 is 1.35 bits per heavy atom. The van der Waals surface area contributed by atoms with Crippen LogP contribution in [0.1, 0.15) is 13.8 Å². The number of para-hydroxylation sites is 1. The lowest BCUT2D eigenvalue weighted by Gasteiger charge is -2.27. The summed E-state index contributed by atoms with van der Waals surface area (Å²) < 4.78 is 24.8. The van der Waals surface area contributed by atoms with Crippen molar-refractivity contribution in [3.63, 3.8) is 0 Å². The highest BCUT2D eigenvalue weighted by Gasteiger charge is 2.30. The molecule has 1 N–H and O–H groups in total. The number of hydrogen-bond acceptors (Lipinski definition) is 3. The zero-order valence-corrected chi connectivity index (χ0v) is 10.5. The highest BCUT2D eigenvalue weighted by atomic mass is 32.2. The van der Waals surface area contributed by atoms with Gasteiger partial charge in [-0.2, -0.15) is 0 Å². The molecule has 0 aromatic heterocycles. The molecule has 0 amide bonds. The predicted molar refractivity (Wildman–Crippen MR) is 65.5 cm³/mol. The van der Waals surface area contributed by atoms with E-state index in [4.69, 9.17) is 5.11 Å². The van der Waals surface area contributed by atoms with Crippen molar-refractivity contribution in [2.75, 3.05) is 10.1 Å². The summed E-state index contributed by atoms with van der Waals surface area (Å²) in [6.07, 6.45) is 0. The summed E-state index contributed by atoms with van der Waals surface area (Å²) in [5.41, 5.74) is 0.365. The first-order valence-electron chi connectivity index (χ1n) is 5.20. The van der Waals surface area contributed by atoms with Gasteiger partial charge >= 0.3 is 5.97 Å². The molecule has 0 aliphatic heterocycles. The highest BCUT2D eigenvalue weighted by Crippen LogP contribution is 2.21. The maximum absolute atomic E-state index is 11.9. The molecule has 0 saturated carbocycles. The molecular formula is C11H15NO4S. The molecular weight excluding hydrogens is 242 g/mol. The minimum atomic E-state index is -3.61. The van der Waals surface area contributed by atoms with Gasteiger partial charge in [0.15, 0.2) is 0 Å². The van der Waals surface area contributed by atoms with Crippen molar-refractivity contribution in [2.24, 2.45) is 0 Å². The van der Waals surface area contributed by atoms with E-state index < -0.39 is 22.0 Å². The van der Waals surface area contributed by atoms with E-state index in [2.05, 4.69) is 0 Å². The van der Waals surface area contributed by atoms with Gasteiger partial charge in [-0.1, -0.05) is 18.2 Å². The molecule has 1 aromatic rings. The fourth-order valence-electron chi connectivity index (χ4n) is 1.44. The van der Waals surface area contributed by atoms with Gasteiger partial charge in [0.2, 0.25) is 10.0 Å². The van der Waals surface area contributed by atoms with Crippen molar-refractivity contribution < 1.29 is 18.3 Å². The Kier molecular flexibility index (Phi) is 4.11. The van der Waals surface area contributed by atoms with E-state index >= 15 is 0 Å². The van der Waals surface area contributed by atoms with E-state index in [0.717, 1.165) is 4.31 Å². The number of carbonyl (C=O) groups is 1. The van der Waals surface area contributed by atoms with Gasteiger partial charge < -0.3 is 5.11 Å². The summed E-state index contributed by atoms with van der Waals surface area (Å²) >= 11 is 0. The SMILES string of the molecule is CCS(=O)(=O)N(c1ccccc1)C(C)C(=O)O. The summed E-state index contributed by atoms with van der Waals surface area (Å²) in [7, 11) is -3.61. The van der Waals surface area contributed by atoms with Crippen molar-refractivity contribution in [1.82, 2.24) is 0 Å². The number of benzene rings is 1. The minimum Gasteiger partial charge on any atom is -0.480 e. The van der Waals surface area contributed by atoms with Crippen LogP contribution in [-0.2, 0) is 14.8 Å². The second kappa shape index (κ2) is 5.18. The first-order chi connectivity index (χ1) is 7.90.